The van der Waals surface area contributed by atoms with Crippen molar-refractivity contribution >= 4 is 18.3 Å². The summed E-state index contributed by atoms with van der Waals surface area (Å²) in [5.41, 5.74) is 1.17. The van der Waals surface area contributed by atoms with Gasteiger partial charge in [-0.2, -0.15) is 5.10 Å². The van der Waals surface area contributed by atoms with Crippen LogP contribution in [0.4, 0.5) is 0 Å². The van der Waals surface area contributed by atoms with Gasteiger partial charge in [0.1, 0.15) is 0 Å². The highest BCUT2D eigenvalue weighted by atomic mass is 35.5. The molecule has 0 radical (unpaired) electrons. The second-order valence-electron chi connectivity index (χ2n) is 7.89. The van der Waals surface area contributed by atoms with Crippen LogP contribution in [0.5, 0.6) is 0 Å². The molecule has 0 spiro atoms. The third kappa shape index (κ3) is 4.24. The van der Waals surface area contributed by atoms with Gasteiger partial charge in [0.15, 0.2) is 0 Å². The summed E-state index contributed by atoms with van der Waals surface area (Å²) in [5.74, 6) is 0.586. The number of hydrogen-bond donors (Lipinski definition) is 1. The van der Waals surface area contributed by atoms with Crippen LogP contribution in [0.2, 0.25) is 0 Å². The van der Waals surface area contributed by atoms with Gasteiger partial charge in [-0.3, -0.25) is 9.48 Å². The Hall–Kier alpha value is -1.11. The topological polar surface area (TPSA) is 59.4 Å². The minimum absolute atomic E-state index is 0. The highest BCUT2D eigenvalue weighted by Gasteiger charge is 2.38. The van der Waals surface area contributed by atoms with Gasteiger partial charge in [-0.15, -0.1) is 12.4 Å². The Morgan fingerprint density at radius 3 is 2.50 bits per heavy atom. The Morgan fingerprint density at radius 2 is 1.85 bits per heavy atom. The molecule has 2 atom stereocenters. The molecule has 2 saturated heterocycles. The number of halogens is 1. The molecule has 7 heteroatoms. The van der Waals surface area contributed by atoms with Crippen molar-refractivity contribution in [2.75, 3.05) is 26.2 Å². The minimum atomic E-state index is 0. The monoisotopic (exact) mass is 382 g/mol. The van der Waals surface area contributed by atoms with Gasteiger partial charge in [-0.1, -0.05) is 12.8 Å². The first-order valence-electron chi connectivity index (χ1n) is 9.84. The van der Waals surface area contributed by atoms with Crippen LogP contribution in [0.15, 0.2) is 12.4 Å². The molecule has 1 saturated carbocycles. The maximum atomic E-state index is 13.1. The Morgan fingerprint density at radius 1 is 1.15 bits per heavy atom. The quantitative estimate of drug-likeness (QED) is 0.866. The lowest BCUT2D eigenvalue weighted by Gasteiger charge is -2.35. The van der Waals surface area contributed by atoms with E-state index >= 15 is 0 Å². The van der Waals surface area contributed by atoms with E-state index in [0.717, 1.165) is 39.0 Å². The fourth-order valence-corrected chi connectivity index (χ4v) is 4.66. The number of nitrogens with one attached hydrogen (secondary N) is 1. The highest BCUT2D eigenvalue weighted by molar-refractivity contribution is 5.85. The Balaban J connectivity index is 0.00000196. The Kier molecular flexibility index (Phi) is 6.59. The van der Waals surface area contributed by atoms with Crippen molar-refractivity contribution < 1.29 is 9.53 Å². The van der Waals surface area contributed by atoms with E-state index in [1.807, 2.05) is 24.1 Å². The van der Waals surface area contributed by atoms with Gasteiger partial charge in [0.05, 0.1) is 24.3 Å². The summed E-state index contributed by atoms with van der Waals surface area (Å²) in [7, 11) is 1.93. The molecule has 3 heterocycles. The summed E-state index contributed by atoms with van der Waals surface area (Å²) in [6, 6.07) is 0. The number of likely N-dealkylation sites (tertiary alicyclic amines) is 1. The van der Waals surface area contributed by atoms with Crippen LogP contribution < -0.4 is 5.32 Å². The van der Waals surface area contributed by atoms with Crippen LogP contribution in [0, 0.1) is 5.92 Å². The third-order valence-corrected chi connectivity index (χ3v) is 6.13. The SMILES string of the molecule is Cl.Cn1cc([C@H]2CNC[C@@H]2C(=O)N2CCC(OC3CCCC3)CC2)cn1. The predicted octanol–water partition coefficient (Wildman–Crippen LogP) is 2.10. The Labute approximate surface area is 162 Å². The molecule has 26 heavy (non-hydrogen) atoms. The van der Waals surface area contributed by atoms with E-state index in [-0.39, 0.29) is 24.2 Å². The zero-order chi connectivity index (χ0) is 17.2. The van der Waals surface area contributed by atoms with E-state index in [4.69, 9.17) is 4.74 Å². The summed E-state index contributed by atoms with van der Waals surface area (Å²) < 4.78 is 8.06. The smallest absolute Gasteiger partial charge is 0.227 e. The van der Waals surface area contributed by atoms with Gasteiger partial charge in [-0.25, -0.2) is 0 Å². The van der Waals surface area contributed by atoms with Gasteiger partial charge in [0.25, 0.3) is 0 Å². The number of aromatic nitrogens is 2. The molecule has 4 rings (SSSR count). The fourth-order valence-electron chi connectivity index (χ4n) is 4.66. The van der Waals surface area contributed by atoms with Crippen molar-refractivity contribution in [3.63, 3.8) is 0 Å². The van der Waals surface area contributed by atoms with Gasteiger partial charge < -0.3 is 15.0 Å². The second kappa shape index (κ2) is 8.72. The normalized spacial score (nSPS) is 27.7. The predicted molar refractivity (Wildman–Crippen MR) is 102 cm³/mol. The van der Waals surface area contributed by atoms with E-state index in [2.05, 4.69) is 15.3 Å². The molecule has 0 unspecified atom stereocenters. The molecule has 1 amide bonds. The first-order chi connectivity index (χ1) is 12.2. The standard InChI is InChI=1S/C19H30N4O2.ClH/c1-22-13-14(10-21-22)17-11-20-12-18(17)19(24)23-8-6-16(7-9-23)25-15-4-2-3-5-15;/h10,13,15-18,20H,2-9,11-12H2,1H3;1H/t17-,18+;/m1./s1. The number of rotatable bonds is 4. The molecule has 1 aliphatic carbocycles. The summed E-state index contributed by atoms with van der Waals surface area (Å²) >= 11 is 0. The van der Waals surface area contributed by atoms with Crippen LogP contribution in [-0.2, 0) is 16.6 Å². The van der Waals surface area contributed by atoms with Crippen molar-refractivity contribution in [1.29, 1.82) is 0 Å². The summed E-state index contributed by atoms with van der Waals surface area (Å²) in [5, 5.41) is 7.67. The van der Waals surface area contributed by atoms with E-state index in [1.165, 1.54) is 31.2 Å². The third-order valence-electron chi connectivity index (χ3n) is 6.13. The average Bonchev–Trinajstić information content (AvgIpc) is 3.36. The maximum Gasteiger partial charge on any atom is 0.227 e. The van der Waals surface area contributed by atoms with Gasteiger partial charge >= 0.3 is 0 Å². The molecule has 1 N–H and O–H groups in total. The zero-order valence-electron chi connectivity index (χ0n) is 15.6. The lowest BCUT2D eigenvalue weighted by Crippen LogP contribution is -2.45. The molecule has 1 aromatic rings. The van der Waals surface area contributed by atoms with Crippen molar-refractivity contribution in [2.24, 2.45) is 13.0 Å². The number of carbonyl (C=O) groups is 1. The number of amides is 1. The molecule has 2 aliphatic heterocycles. The van der Waals surface area contributed by atoms with Crippen LogP contribution in [0.1, 0.15) is 50.0 Å². The maximum absolute atomic E-state index is 13.1. The van der Waals surface area contributed by atoms with Crippen LogP contribution in [0.3, 0.4) is 0 Å². The van der Waals surface area contributed by atoms with E-state index in [9.17, 15) is 4.79 Å². The summed E-state index contributed by atoms with van der Waals surface area (Å²) in [4.78, 5) is 15.1. The summed E-state index contributed by atoms with van der Waals surface area (Å²) in [6.45, 7) is 3.32. The van der Waals surface area contributed by atoms with Crippen LogP contribution in [0.25, 0.3) is 0 Å². The molecule has 1 aromatic heterocycles. The second-order valence-corrected chi connectivity index (χ2v) is 7.89. The molecule has 6 nitrogen and oxygen atoms in total. The van der Waals surface area contributed by atoms with Crippen molar-refractivity contribution in [3.8, 4) is 0 Å². The van der Waals surface area contributed by atoms with Gasteiger partial charge in [0.2, 0.25) is 5.91 Å². The molecule has 146 valence electrons. The average molecular weight is 383 g/mol. The number of hydrogen-bond acceptors (Lipinski definition) is 4. The fraction of sp³-hybridized carbons (Fsp3) is 0.789. The number of aryl methyl sites for hydroxylation is 1. The molecular formula is C19H31ClN4O2. The first-order valence-corrected chi connectivity index (χ1v) is 9.84. The number of carbonyl (C=O) groups excluding carboxylic acids is 1. The minimum Gasteiger partial charge on any atom is -0.375 e. The number of ether oxygens (including phenoxy) is 1. The van der Waals surface area contributed by atoms with Crippen molar-refractivity contribution in [2.45, 2.75) is 56.7 Å². The van der Waals surface area contributed by atoms with Gasteiger partial charge in [0, 0.05) is 45.3 Å². The Bertz CT molecular complexity index is 594. The lowest BCUT2D eigenvalue weighted by atomic mass is 9.89. The first kappa shape index (κ1) is 19.6. The van der Waals surface area contributed by atoms with Crippen molar-refractivity contribution in [3.05, 3.63) is 18.0 Å². The summed E-state index contributed by atoms with van der Waals surface area (Å²) in [6.07, 6.45) is 11.8. The van der Waals surface area contributed by atoms with E-state index in [0.29, 0.717) is 18.1 Å². The number of nitrogens with zero attached hydrogens (tertiary/aromatic N) is 3. The molecule has 0 aromatic carbocycles. The lowest BCUT2D eigenvalue weighted by molar-refractivity contribution is -0.138. The largest absolute Gasteiger partial charge is 0.375 e. The van der Waals surface area contributed by atoms with Gasteiger partial charge in [-0.05, 0) is 31.2 Å². The number of piperidine rings is 1. The molecule has 3 fully saturated rings. The van der Waals surface area contributed by atoms with Crippen LogP contribution in [-0.4, -0.2) is 59.0 Å². The molecular weight excluding hydrogens is 352 g/mol. The van der Waals surface area contributed by atoms with E-state index in [1.54, 1.807) is 0 Å². The van der Waals surface area contributed by atoms with Crippen LogP contribution >= 0.6 is 12.4 Å². The van der Waals surface area contributed by atoms with E-state index < -0.39 is 0 Å². The molecule has 3 aliphatic rings. The zero-order valence-corrected chi connectivity index (χ0v) is 16.4. The highest BCUT2D eigenvalue weighted by Crippen LogP contribution is 2.31. The van der Waals surface area contributed by atoms with Crippen molar-refractivity contribution in [1.82, 2.24) is 20.0 Å². The molecule has 0 bridgehead atoms.